The van der Waals surface area contributed by atoms with Crippen LogP contribution in [0.15, 0.2) is 18.2 Å². The third-order valence-corrected chi connectivity index (χ3v) is 3.44. The summed E-state index contributed by atoms with van der Waals surface area (Å²) in [6.45, 7) is 4.64. The fourth-order valence-corrected chi connectivity index (χ4v) is 2.30. The first-order valence-electron chi connectivity index (χ1n) is 4.79. The van der Waals surface area contributed by atoms with Gasteiger partial charge in [0.1, 0.15) is 0 Å². The Morgan fingerprint density at radius 1 is 1.47 bits per heavy atom. The van der Waals surface area contributed by atoms with Crippen LogP contribution in [0.2, 0.25) is 0 Å². The molecule has 2 nitrogen and oxygen atoms in total. The Labute approximate surface area is 105 Å². The van der Waals surface area contributed by atoms with E-state index < -0.39 is 0 Å². The number of hydrogen-bond acceptors (Lipinski definition) is 2. The summed E-state index contributed by atoms with van der Waals surface area (Å²) in [7, 11) is 0. The summed E-state index contributed by atoms with van der Waals surface area (Å²) in [5.74, 6) is 0.128. The number of hydrogen-bond donors (Lipinski definition) is 0. The molecule has 0 heterocycles. The molecule has 0 spiro atoms. The summed E-state index contributed by atoms with van der Waals surface area (Å²) in [4.78, 5) is 11.6. The summed E-state index contributed by atoms with van der Waals surface area (Å²) in [5.41, 5.74) is 2.96. The van der Waals surface area contributed by atoms with Crippen molar-refractivity contribution in [3.63, 3.8) is 0 Å². The molecule has 0 N–H and O–H groups in total. The number of carbonyl (C=O) groups is 1. The van der Waals surface area contributed by atoms with Crippen molar-refractivity contribution in [3.05, 3.63) is 34.9 Å². The monoisotopic (exact) mass is 336 g/mol. The molecule has 0 saturated carbocycles. The Balaban J connectivity index is 3.07. The van der Waals surface area contributed by atoms with Gasteiger partial charge in [-0.2, -0.15) is 0 Å². The molecule has 4 heteroatoms. The van der Waals surface area contributed by atoms with Crippen molar-refractivity contribution in [1.82, 2.24) is 0 Å². The molecule has 0 amide bonds. The Hall–Kier alpha value is 0.01000. The highest BCUT2D eigenvalue weighted by atomic mass is 127. The molecule has 0 aliphatic rings. The standard InChI is InChI=1S/C11H14IO2P/c1-3-9-5-4-6-10(7-14-15-12)11(9)8(2)13/h4-6,15H,3,7H2,1-2H3. The van der Waals surface area contributed by atoms with Crippen molar-refractivity contribution in [3.8, 4) is 0 Å². The van der Waals surface area contributed by atoms with Gasteiger partial charge in [-0.25, -0.2) is 0 Å². The van der Waals surface area contributed by atoms with Crippen LogP contribution in [-0.4, -0.2) is 5.78 Å². The molecule has 0 radical (unpaired) electrons. The zero-order valence-corrected chi connectivity index (χ0v) is 12.0. The molecule has 1 unspecified atom stereocenters. The molecule has 1 aromatic rings. The lowest BCUT2D eigenvalue weighted by molar-refractivity contribution is 0.101. The Kier molecular flexibility index (Phi) is 5.72. The highest BCUT2D eigenvalue weighted by Gasteiger charge is 2.11. The molecule has 0 aliphatic heterocycles. The van der Waals surface area contributed by atoms with Gasteiger partial charge >= 0.3 is 0 Å². The van der Waals surface area contributed by atoms with Crippen molar-refractivity contribution in [2.45, 2.75) is 26.9 Å². The molecule has 1 aromatic carbocycles. The topological polar surface area (TPSA) is 26.3 Å². The van der Waals surface area contributed by atoms with E-state index in [9.17, 15) is 4.79 Å². The number of ketones is 1. The third-order valence-electron chi connectivity index (χ3n) is 2.25. The fraction of sp³-hybridized carbons (Fsp3) is 0.364. The van der Waals surface area contributed by atoms with E-state index in [1.165, 1.54) is 0 Å². The molecular weight excluding hydrogens is 322 g/mol. The van der Waals surface area contributed by atoms with Crippen LogP contribution >= 0.6 is 28.5 Å². The summed E-state index contributed by atoms with van der Waals surface area (Å²) in [6, 6.07) is 5.96. The fourth-order valence-electron chi connectivity index (χ4n) is 1.63. The van der Waals surface area contributed by atoms with Crippen molar-refractivity contribution in [1.29, 1.82) is 0 Å². The predicted octanol–water partition coefficient (Wildman–Crippen LogP) is 3.91. The van der Waals surface area contributed by atoms with Crippen LogP contribution in [-0.2, 0) is 17.6 Å². The molecular formula is C11H14IO2P. The van der Waals surface area contributed by atoms with Crippen molar-refractivity contribution >= 4 is 34.3 Å². The highest BCUT2D eigenvalue weighted by Crippen LogP contribution is 2.26. The summed E-state index contributed by atoms with van der Waals surface area (Å²) in [5, 5.41) is 0. The number of Topliss-reactive ketones (excluding diaryl/α,β-unsaturated/α-hetero) is 1. The Morgan fingerprint density at radius 2 is 2.13 bits per heavy atom. The van der Waals surface area contributed by atoms with Gasteiger partial charge in [-0.15, -0.1) is 0 Å². The molecule has 0 aromatic heterocycles. The van der Waals surface area contributed by atoms with Gasteiger partial charge < -0.3 is 4.52 Å². The van der Waals surface area contributed by atoms with E-state index in [0.29, 0.717) is 13.1 Å². The zero-order valence-electron chi connectivity index (χ0n) is 8.84. The van der Waals surface area contributed by atoms with E-state index in [2.05, 4.69) is 29.0 Å². The van der Waals surface area contributed by atoms with E-state index in [-0.39, 0.29) is 5.78 Å². The Morgan fingerprint density at radius 3 is 2.67 bits per heavy atom. The smallest absolute Gasteiger partial charge is 0.160 e. The molecule has 1 rings (SSSR count). The second-order valence-corrected chi connectivity index (χ2v) is 4.99. The van der Waals surface area contributed by atoms with Gasteiger partial charge in [-0.3, -0.25) is 4.79 Å². The van der Waals surface area contributed by atoms with Crippen LogP contribution in [0.5, 0.6) is 0 Å². The quantitative estimate of drug-likeness (QED) is 0.463. The number of carbonyl (C=O) groups excluding carboxylic acids is 1. The average Bonchev–Trinajstić information content (AvgIpc) is 2.25. The minimum absolute atomic E-state index is 0.128. The third kappa shape index (κ3) is 3.51. The van der Waals surface area contributed by atoms with Gasteiger partial charge in [0.05, 0.1) is 13.1 Å². The first-order valence-corrected chi connectivity index (χ1v) is 8.82. The van der Waals surface area contributed by atoms with E-state index in [4.69, 9.17) is 4.52 Å². The molecule has 82 valence electrons. The maximum absolute atomic E-state index is 11.6. The number of aryl methyl sites for hydroxylation is 1. The Bertz CT molecular complexity index is 352. The lowest BCUT2D eigenvalue weighted by Crippen LogP contribution is -2.04. The molecule has 0 bridgehead atoms. The maximum Gasteiger partial charge on any atom is 0.160 e. The van der Waals surface area contributed by atoms with Crippen LogP contribution in [0.3, 0.4) is 0 Å². The highest BCUT2D eigenvalue weighted by molar-refractivity contribution is 14.2. The van der Waals surface area contributed by atoms with Crippen LogP contribution in [0.4, 0.5) is 0 Å². The number of halogens is 1. The number of rotatable bonds is 5. The van der Waals surface area contributed by atoms with Gasteiger partial charge in [0, 0.05) is 5.56 Å². The predicted molar refractivity (Wildman–Crippen MR) is 72.9 cm³/mol. The molecule has 0 aliphatic carbocycles. The number of benzene rings is 1. The summed E-state index contributed by atoms with van der Waals surface area (Å²) < 4.78 is 5.37. The normalized spacial score (nSPS) is 11.1. The lowest BCUT2D eigenvalue weighted by atomic mass is 9.97. The lowest BCUT2D eigenvalue weighted by Gasteiger charge is -2.10. The van der Waals surface area contributed by atoms with E-state index >= 15 is 0 Å². The van der Waals surface area contributed by atoms with E-state index in [1.54, 1.807) is 6.92 Å². The van der Waals surface area contributed by atoms with E-state index in [1.807, 2.05) is 18.2 Å². The average molecular weight is 336 g/mol. The second kappa shape index (κ2) is 6.56. The van der Waals surface area contributed by atoms with Gasteiger partial charge in [0.25, 0.3) is 0 Å². The first-order chi connectivity index (χ1) is 7.20. The van der Waals surface area contributed by atoms with E-state index in [0.717, 1.165) is 23.1 Å². The summed E-state index contributed by atoms with van der Waals surface area (Å²) >= 11 is 2.18. The van der Waals surface area contributed by atoms with Crippen LogP contribution in [0.25, 0.3) is 0 Å². The van der Waals surface area contributed by atoms with Gasteiger partial charge in [0.2, 0.25) is 0 Å². The van der Waals surface area contributed by atoms with Gasteiger partial charge in [-0.05, 0) is 46.5 Å². The van der Waals surface area contributed by atoms with Gasteiger partial charge in [-0.1, -0.05) is 25.1 Å². The van der Waals surface area contributed by atoms with Crippen LogP contribution in [0.1, 0.15) is 35.3 Å². The minimum atomic E-state index is 0.128. The second-order valence-electron chi connectivity index (χ2n) is 3.23. The molecule has 0 saturated heterocycles. The molecule has 0 fully saturated rings. The zero-order chi connectivity index (χ0) is 11.3. The SMILES string of the molecule is CCc1cccc(COPI)c1C(C)=O. The van der Waals surface area contributed by atoms with Crippen molar-refractivity contribution in [2.24, 2.45) is 0 Å². The first kappa shape index (κ1) is 13.1. The van der Waals surface area contributed by atoms with Crippen molar-refractivity contribution < 1.29 is 9.32 Å². The van der Waals surface area contributed by atoms with Crippen LogP contribution < -0.4 is 0 Å². The summed E-state index contributed by atoms with van der Waals surface area (Å²) in [6.07, 6.45) is 0.884. The van der Waals surface area contributed by atoms with Crippen LogP contribution in [0, 0.1) is 0 Å². The van der Waals surface area contributed by atoms with Gasteiger partial charge in [0.15, 0.2) is 5.78 Å². The largest absolute Gasteiger partial charge is 0.347 e. The molecule has 15 heavy (non-hydrogen) atoms. The minimum Gasteiger partial charge on any atom is -0.347 e. The molecule has 1 atom stereocenters. The van der Waals surface area contributed by atoms with Crippen molar-refractivity contribution in [2.75, 3.05) is 0 Å². The maximum atomic E-state index is 11.6.